The van der Waals surface area contributed by atoms with E-state index in [4.69, 9.17) is 0 Å². The average molecular weight is 332 g/mol. The zero-order chi connectivity index (χ0) is 15.4. The lowest BCUT2D eigenvalue weighted by atomic mass is 10.1. The molecule has 0 fully saturated rings. The number of aromatic nitrogens is 1. The predicted molar refractivity (Wildman–Crippen MR) is 90.9 cm³/mol. The molecule has 3 rings (SSSR count). The van der Waals surface area contributed by atoms with Gasteiger partial charge in [-0.2, -0.15) is 11.3 Å². The average Bonchev–Trinajstić information content (AvgIpc) is 3.16. The molecule has 0 aliphatic heterocycles. The Kier molecular flexibility index (Phi) is 4.97. The quantitative estimate of drug-likeness (QED) is 0.706. The summed E-state index contributed by atoms with van der Waals surface area (Å²) < 4.78 is 13.0. The van der Waals surface area contributed by atoms with E-state index >= 15 is 0 Å². The lowest BCUT2D eigenvalue weighted by Gasteiger charge is -2.16. The Morgan fingerprint density at radius 2 is 1.95 bits per heavy atom. The summed E-state index contributed by atoms with van der Waals surface area (Å²) in [5.41, 5.74) is 3.44. The summed E-state index contributed by atoms with van der Waals surface area (Å²) in [7, 11) is 0. The van der Waals surface area contributed by atoms with Crippen LogP contribution in [0, 0.1) is 12.7 Å². The van der Waals surface area contributed by atoms with Gasteiger partial charge in [-0.1, -0.05) is 12.1 Å². The number of nitrogens with one attached hydrogen (secondary N) is 1. The van der Waals surface area contributed by atoms with Gasteiger partial charge < -0.3 is 5.32 Å². The molecule has 0 aliphatic rings. The van der Waals surface area contributed by atoms with E-state index in [0.717, 1.165) is 22.7 Å². The lowest BCUT2D eigenvalue weighted by Crippen LogP contribution is -2.22. The van der Waals surface area contributed by atoms with E-state index in [-0.39, 0.29) is 11.9 Å². The first-order valence-corrected chi connectivity index (χ1v) is 8.94. The standard InChI is InChI=1S/C17H17FN2S2/c1-12-10-22-17(20-12)16(8-14-6-7-21-11-14)19-9-13-2-4-15(18)5-3-13/h2-7,10-11,16,19H,8-9H2,1H3. The fraction of sp³-hybridized carbons (Fsp3) is 0.235. The zero-order valence-electron chi connectivity index (χ0n) is 12.3. The van der Waals surface area contributed by atoms with Crippen molar-refractivity contribution in [3.63, 3.8) is 0 Å². The molecule has 114 valence electrons. The highest BCUT2D eigenvalue weighted by Gasteiger charge is 2.15. The van der Waals surface area contributed by atoms with Crippen LogP contribution < -0.4 is 5.32 Å². The van der Waals surface area contributed by atoms with Crippen molar-refractivity contribution in [1.82, 2.24) is 10.3 Å². The summed E-state index contributed by atoms with van der Waals surface area (Å²) in [4.78, 5) is 4.62. The number of thiophene rings is 1. The Labute approximate surface area is 137 Å². The molecule has 2 aromatic heterocycles. The summed E-state index contributed by atoms with van der Waals surface area (Å²) in [6.07, 6.45) is 0.914. The molecule has 5 heteroatoms. The molecule has 0 amide bonds. The van der Waals surface area contributed by atoms with Crippen LogP contribution in [0.2, 0.25) is 0 Å². The Bertz CT molecular complexity index is 705. The Morgan fingerprint density at radius 1 is 1.14 bits per heavy atom. The second-order valence-corrected chi connectivity index (χ2v) is 6.89. The molecule has 1 N–H and O–H groups in total. The molecule has 0 radical (unpaired) electrons. The number of hydrogen-bond acceptors (Lipinski definition) is 4. The molecule has 0 saturated carbocycles. The molecule has 1 aromatic carbocycles. The molecule has 2 nitrogen and oxygen atoms in total. The van der Waals surface area contributed by atoms with Crippen molar-refractivity contribution in [2.75, 3.05) is 0 Å². The van der Waals surface area contributed by atoms with Crippen molar-refractivity contribution < 1.29 is 4.39 Å². The van der Waals surface area contributed by atoms with Gasteiger partial charge in [0.15, 0.2) is 0 Å². The lowest BCUT2D eigenvalue weighted by molar-refractivity contribution is 0.527. The van der Waals surface area contributed by atoms with E-state index in [1.54, 1.807) is 22.7 Å². The highest BCUT2D eigenvalue weighted by Crippen LogP contribution is 2.23. The summed E-state index contributed by atoms with van der Waals surface area (Å²) in [6.45, 7) is 2.72. The van der Waals surface area contributed by atoms with Crippen LogP contribution in [-0.2, 0) is 13.0 Å². The van der Waals surface area contributed by atoms with Crippen LogP contribution >= 0.6 is 22.7 Å². The third-order valence-electron chi connectivity index (χ3n) is 3.42. The van der Waals surface area contributed by atoms with Crippen LogP contribution in [0.25, 0.3) is 0 Å². The summed E-state index contributed by atoms with van der Waals surface area (Å²) in [5, 5.41) is 11.0. The summed E-state index contributed by atoms with van der Waals surface area (Å²) in [5.74, 6) is -0.200. The van der Waals surface area contributed by atoms with E-state index < -0.39 is 0 Å². The molecular formula is C17H17FN2S2. The molecule has 1 atom stereocenters. The molecule has 1 unspecified atom stereocenters. The smallest absolute Gasteiger partial charge is 0.123 e. The van der Waals surface area contributed by atoms with Crippen LogP contribution in [0.5, 0.6) is 0 Å². The number of nitrogens with zero attached hydrogens (tertiary/aromatic N) is 1. The first kappa shape index (κ1) is 15.3. The number of thiazole rings is 1. The predicted octanol–water partition coefficient (Wildman–Crippen LogP) is 4.73. The minimum Gasteiger partial charge on any atom is -0.304 e. The SMILES string of the molecule is Cc1csc(C(Cc2ccsc2)NCc2ccc(F)cc2)n1. The van der Waals surface area contributed by atoms with E-state index in [2.05, 4.69) is 32.5 Å². The Balaban J connectivity index is 1.71. The molecule has 0 bridgehead atoms. The molecule has 0 saturated heterocycles. The first-order valence-electron chi connectivity index (χ1n) is 7.11. The van der Waals surface area contributed by atoms with Crippen molar-refractivity contribution >= 4 is 22.7 Å². The second-order valence-electron chi connectivity index (χ2n) is 5.22. The monoisotopic (exact) mass is 332 g/mol. The number of benzene rings is 1. The molecule has 3 aromatic rings. The van der Waals surface area contributed by atoms with Crippen LogP contribution in [0.4, 0.5) is 4.39 Å². The van der Waals surface area contributed by atoms with Crippen LogP contribution in [0.1, 0.15) is 27.9 Å². The maximum Gasteiger partial charge on any atom is 0.123 e. The van der Waals surface area contributed by atoms with Gasteiger partial charge >= 0.3 is 0 Å². The Morgan fingerprint density at radius 3 is 2.59 bits per heavy atom. The van der Waals surface area contributed by atoms with Gasteiger partial charge in [-0.05, 0) is 53.4 Å². The number of hydrogen-bond donors (Lipinski definition) is 1. The van der Waals surface area contributed by atoms with Crippen molar-refractivity contribution in [3.8, 4) is 0 Å². The topological polar surface area (TPSA) is 24.9 Å². The van der Waals surface area contributed by atoms with Crippen LogP contribution in [0.3, 0.4) is 0 Å². The van der Waals surface area contributed by atoms with Crippen LogP contribution in [0.15, 0.2) is 46.5 Å². The van der Waals surface area contributed by atoms with Gasteiger partial charge in [0.25, 0.3) is 0 Å². The van der Waals surface area contributed by atoms with Crippen molar-refractivity contribution in [1.29, 1.82) is 0 Å². The molecule has 22 heavy (non-hydrogen) atoms. The fourth-order valence-electron chi connectivity index (χ4n) is 2.27. The fourth-order valence-corrected chi connectivity index (χ4v) is 3.82. The van der Waals surface area contributed by atoms with Gasteiger partial charge in [0.05, 0.1) is 6.04 Å². The normalized spacial score (nSPS) is 12.5. The maximum absolute atomic E-state index is 13.0. The third kappa shape index (κ3) is 4.00. The summed E-state index contributed by atoms with van der Waals surface area (Å²) >= 11 is 3.40. The van der Waals surface area contributed by atoms with Gasteiger partial charge in [0.1, 0.15) is 10.8 Å². The highest BCUT2D eigenvalue weighted by molar-refractivity contribution is 7.09. The summed E-state index contributed by atoms with van der Waals surface area (Å²) in [6, 6.07) is 8.96. The number of aryl methyl sites for hydroxylation is 1. The molecule has 0 spiro atoms. The van der Waals surface area contributed by atoms with E-state index in [9.17, 15) is 4.39 Å². The van der Waals surface area contributed by atoms with E-state index in [0.29, 0.717) is 6.54 Å². The van der Waals surface area contributed by atoms with Gasteiger partial charge in [-0.15, -0.1) is 11.3 Å². The van der Waals surface area contributed by atoms with Crippen molar-refractivity contribution in [3.05, 3.63) is 74.1 Å². The van der Waals surface area contributed by atoms with Crippen molar-refractivity contribution in [2.45, 2.75) is 25.9 Å². The maximum atomic E-state index is 13.0. The van der Waals surface area contributed by atoms with E-state index in [1.807, 2.05) is 19.1 Å². The minimum atomic E-state index is -0.200. The number of rotatable bonds is 6. The Hall–Kier alpha value is -1.56. The minimum absolute atomic E-state index is 0.179. The first-order chi connectivity index (χ1) is 10.7. The number of halogens is 1. The third-order valence-corrected chi connectivity index (χ3v) is 5.23. The van der Waals surface area contributed by atoms with Crippen LogP contribution in [-0.4, -0.2) is 4.98 Å². The second kappa shape index (κ2) is 7.13. The molecular weight excluding hydrogens is 315 g/mol. The van der Waals surface area contributed by atoms with Crippen molar-refractivity contribution in [2.24, 2.45) is 0 Å². The van der Waals surface area contributed by atoms with Gasteiger partial charge in [-0.3, -0.25) is 0 Å². The zero-order valence-corrected chi connectivity index (χ0v) is 13.9. The van der Waals surface area contributed by atoms with E-state index in [1.165, 1.54) is 17.7 Å². The van der Waals surface area contributed by atoms with Gasteiger partial charge in [0, 0.05) is 17.6 Å². The van der Waals surface area contributed by atoms with Gasteiger partial charge in [0.2, 0.25) is 0 Å². The highest BCUT2D eigenvalue weighted by atomic mass is 32.1. The molecule has 0 aliphatic carbocycles. The largest absolute Gasteiger partial charge is 0.304 e. The van der Waals surface area contributed by atoms with Gasteiger partial charge in [-0.25, -0.2) is 9.37 Å². The molecule has 2 heterocycles.